The molecular formula is C23H20BrN2S+. The first kappa shape index (κ1) is 18.0. The molecule has 0 aliphatic carbocycles. The van der Waals surface area contributed by atoms with Gasteiger partial charge in [0.2, 0.25) is 0 Å². The van der Waals surface area contributed by atoms with Gasteiger partial charge < -0.3 is 0 Å². The number of benzene rings is 3. The van der Waals surface area contributed by atoms with Crippen LogP contribution in [-0.2, 0) is 7.05 Å². The van der Waals surface area contributed by atoms with Crippen molar-refractivity contribution in [3.63, 3.8) is 0 Å². The maximum atomic E-state index is 3.56. The van der Waals surface area contributed by atoms with Gasteiger partial charge in [0.1, 0.15) is 11.4 Å². The van der Waals surface area contributed by atoms with E-state index in [-0.39, 0.29) is 0 Å². The number of aryl methyl sites for hydroxylation is 1. The lowest BCUT2D eigenvalue weighted by molar-refractivity contribution is -0.641. The predicted molar refractivity (Wildman–Crippen MR) is 119 cm³/mol. The third kappa shape index (κ3) is 3.82. The fourth-order valence-corrected chi connectivity index (χ4v) is 4.52. The van der Waals surface area contributed by atoms with Crippen molar-refractivity contribution in [2.45, 2.75) is 6.92 Å². The van der Waals surface area contributed by atoms with Crippen LogP contribution >= 0.6 is 27.3 Å². The first-order valence-electron chi connectivity index (χ1n) is 8.78. The lowest BCUT2D eigenvalue weighted by Gasteiger charge is -2.05. The van der Waals surface area contributed by atoms with E-state index < -0.39 is 0 Å². The summed E-state index contributed by atoms with van der Waals surface area (Å²) in [6.45, 7) is 2.11. The molecule has 0 aliphatic rings. The highest BCUT2D eigenvalue weighted by atomic mass is 79.9. The summed E-state index contributed by atoms with van der Waals surface area (Å²) in [5.74, 6) is 0. The van der Waals surface area contributed by atoms with Crippen LogP contribution in [0.4, 0.5) is 10.8 Å². The maximum absolute atomic E-state index is 3.56. The summed E-state index contributed by atoms with van der Waals surface area (Å²) in [6, 6.07) is 25.5. The molecule has 2 nitrogen and oxygen atoms in total. The summed E-state index contributed by atoms with van der Waals surface area (Å²) < 4.78 is 3.31. The van der Waals surface area contributed by atoms with Crippen molar-refractivity contribution in [3.8, 4) is 22.4 Å². The van der Waals surface area contributed by atoms with Crippen molar-refractivity contribution in [3.05, 3.63) is 88.2 Å². The van der Waals surface area contributed by atoms with Crippen LogP contribution in [0.1, 0.15) is 5.56 Å². The Labute approximate surface area is 172 Å². The van der Waals surface area contributed by atoms with Crippen molar-refractivity contribution in [1.29, 1.82) is 0 Å². The van der Waals surface area contributed by atoms with Crippen molar-refractivity contribution < 1.29 is 4.57 Å². The molecule has 0 saturated heterocycles. The summed E-state index contributed by atoms with van der Waals surface area (Å²) in [6.07, 6.45) is 0. The molecule has 1 aromatic heterocycles. The largest absolute Gasteiger partial charge is 0.339 e. The molecule has 0 radical (unpaired) electrons. The molecule has 4 aromatic rings. The van der Waals surface area contributed by atoms with Crippen LogP contribution in [0.15, 0.2) is 82.6 Å². The number of hydrogen-bond acceptors (Lipinski definition) is 2. The third-order valence-electron chi connectivity index (χ3n) is 4.67. The van der Waals surface area contributed by atoms with E-state index in [4.69, 9.17) is 0 Å². The first-order valence-corrected chi connectivity index (χ1v) is 10.5. The predicted octanol–water partition coefficient (Wildman–Crippen LogP) is 6.72. The van der Waals surface area contributed by atoms with Gasteiger partial charge in [0.15, 0.2) is 0 Å². The Morgan fingerprint density at radius 3 is 2.22 bits per heavy atom. The summed E-state index contributed by atoms with van der Waals surface area (Å²) in [5, 5.41) is 6.87. The van der Waals surface area contributed by atoms with Gasteiger partial charge in [-0.25, -0.2) is 9.88 Å². The van der Waals surface area contributed by atoms with Crippen LogP contribution in [0.5, 0.6) is 0 Å². The molecule has 0 fully saturated rings. The molecule has 0 spiro atoms. The van der Waals surface area contributed by atoms with E-state index in [0.29, 0.717) is 0 Å². The van der Waals surface area contributed by atoms with Crippen LogP contribution in [0.2, 0.25) is 0 Å². The average Bonchev–Trinajstić information content (AvgIpc) is 3.05. The minimum atomic E-state index is 1.10. The third-order valence-corrected chi connectivity index (χ3v) is 6.10. The standard InChI is InChI=1S/C23H19BrN2S/c1-16-14-20(24)12-13-21(16)25-23-26(2)22(15-27-23)19-10-8-18(9-11-19)17-6-4-3-5-7-17/h3-15H,1-2H3/p+1. The Balaban J connectivity index is 1.60. The minimum Gasteiger partial charge on any atom is -0.231 e. The Morgan fingerprint density at radius 2 is 1.52 bits per heavy atom. The van der Waals surface area contributed by atoms with Gasteiger partial charge in [-0.3, -0.25) is 0 Å². The Bertz CT molecular complexity index is 1070. The quantitative estimate of drug-likeness (QED) is 0.351. The van der Waals surface area contributed by atoms with Crippen molar-refractivity contribution in [2.24, 2.45) is 7.05 Å². The molecule has 0 aliphatic heterocycles. The van der Waals surface area contributed by atoms with E-state index in [9.17, 15) is 0 Å². The fraction of sp³-hybridized carbons (Fsp3) is 0.0870. The molecule has 4 heteroatoms. The second kappa shape index (κ2) is 7.67. The zero-order chi connectivity index (χ0) is 18.8. The Morgan fingerprint density at radius 1 is 0.852 bits per heavy atom. The highest BCUT2D eigenvalue weighted by molar-refractivity contribution is 9.10. The fourth-order valence-electron chi connectivity index (χ4n) is 3.10. The van der Waals surface area contributed by atoms with E-state index >= 15 is 0 Å². The van der Waals surface area contributed by atoms with E-state index in [1.54, 1.807) is 11.3 Å². The van der Waals surface area contributed by atoms with Crippen LogP contribution < -0.4 is 9.88 Å². The molecule has 0 saturated carbocycles. The molecule has 0 atom stereocenters. The van der Waals surface area contributed by atoms with Gasteiger partial charge >= 0.3 is 5.13 Å². The Hall–Kier alpha value is -2.43. The van der Waals surface area contributed by atoms with Gasteiger partial charge in [-0.05, 0) is 41.8 Å². The normalized spacial score (nSPS) is 10.8. The summed E-state index contributed by atoms with van der Waals surface area (Å²) in [4.78, 5) is 0. The monoisotopic (exact) mass is 435 g/mol. The number of anilines is 2. The lowest BCUT2D eigenvalue weighted by atomic mass is 10.0. The molecular weight excluding hydrogens is 416 g/mol. The first-order chi connectivity index (χ1) is 13.1. The van der Waals surface area contributed by atoms with Crippen molar-refractivity contribution >= 4 is 38.1 Å². The van der Waals surface area contributed by atoms with Gasteiger partial charge in [-0.1, -0.05) is 81.9 Å². The zero-order valence-corrected chi connectivity index (χ0v) is 17.6. The van der Waals surface area contributed by atoms with Gasteiger partial charge in [0, 0.05) is 15.4 Å². The number of nitrogens with one attached hydrogen (secondary N) is 1. The minimum absolute atomic E-state index is 1.10. The van der Waals surface area contributed by atoms with E-state index in [2.05, 4.69) is 112 Å². The smallest absolute Gasteiger partial charge is 0.231 e. The zero-order valence-electron chi connectivity index (χ0n) is 15.2. The highest BCUT2D eigenvalue weighted by Crippen LogP contribution is 2.29. The van der Waals surface area contributed by atoms with Crippen LogP contribution in [0, 0.1) is 6.92 Å². The summed E-state index contributed by atoms with van der Waals surface area (Å²) in [7, 11) is 2.10. The van der Waals surface area contributed by atoms with Crippen molar-refractivity contribution in [2.75, 3.05) is 5.32 Å². The van der Waals surface area contributed by atoms with Gasteiger partial charge in [0.05, 0.1) is 7.05 Å². The molecule has 3 aromatic carbocycles. The molecule has 0 unspecified atom stereocenters. The number of rotatable bonds is 4. The summed E-state index contributed by atoms with van der Waals surface area (Å²) >= 11 is 5.24. The van der Waals surface area contributed by atoms with Crippen molar-refractivity contribution in [1.82, 2.24) is 0 Å². The molecule has 27 heavy (non-hydrogen) atoms. The van der Waals surface area contributed by atoms with Crippen LogP contribution in [0.3, 0.4) is 0 Å². The molecule has 0 amide bonds. The Kier molecular flexibility index (Phi) is 5.10. The van der Waals surface area contributed by atoms with E-state index in [1.807, 2.05) is 6.07 Å². The maximum Gasteiger partial charge on any atom is 0.339 e. The molecule has 1 N–H and O–H groups in total. The molecule has 1 heterocycles. The average molecular weight is 436 g/mol. The molecule has 134 valence electrons. The highest BCUT2D eigenvalue weighted by Gasteiger charge is 2.17. The number of halogens is 1. The van der Waals surface area contributed by atoms with Gasteiger partial charge in [0.25, 0.3) is 0 Å². The number of hydrogen-bond donors (Lipinski definition) is 1. The van der Waals surface area contributed by atoms with Crippen LogP contribution in [0.25, 0.3) is 22.4 Å². The lowest BCUT2D eigenvalue weighted by Crippen LogP contribution is -2.31. The van der Waals surface area contributed by atoms with Crippen LogP contribution in [-0.4, -0.2) is 0 Å². The van der Waals surface area contributed by atoms with Gasteiger partial charge in [-0.15, -0.1) is 0 Å². The number of thiazole rings is 1. The number of nitrogens with zero attached hydrogens (tertiary/aromatic N) is 1. The van der Waals surface area contributed by atoms with E-state index in [0.717, 1.165) is 15.3 Å². The number of aromatic nitrogens is 1. The van der Waals surface area contributed by atoms with Gasteiger partial charge in [-0.2, -0.15) is 0 Å². The topological polar surface area (TPSA) is 15.9 Å². The second-order valence-electron chi connectivity index (χ2n) is 6.51. The molecule has 0 bridgehead atoms. The SMILES string of the molecule is Cc1cc(Br)ccc1Nc1scc(-c2ccc(-c3ccccc3)cc2)[n+]1C. The second-order valence-corrected chi connectivity index (χ2v) is 8.29. The van der Waals surface area contributed by atoms with E-state index in [1.165, 1.54) is 27.9 Å². The summed E-state index contributed by atoms with van der Waals surface area (Å²) in [5.41, 5.74) is 7.24. The molecule has 4 rings (SSSR count).